The lowest BCUT2D eigenvalue weighted by molar-refractivity contribution is 0.644. The van der Waals surface area contributed by atoms with Gasteiger partial charge in [-0.25, -0.2) is 4.98 Å². The van der Waals surface area contributed by atoms with E-state index >= 15 is 0 Å². The zero-order valence-electron chi connectivity index (χ0n) is 11.5. The van der Waals surface area contributed by atoms with E-state index in [9.17, 15) is 0 Å². The fraction of sp³-hybridized carbons (Fsp3) is 0.286. The number of aromatic nitrogens is 3. The number of halogens is 2. The maximum absolute atomic E-state index is 6.14. The van der Waals surface area contributed by atoms with Crippen molar-refractivity contribution in [2.24, 2.45) is 0 Å². The van der Waals surface area contributed by atoms with E-state index in [0.29, 0.717) is 14.8 Å². The molecule has 1 aromatic carbocycles. The molecule has 3 aromatic rings. The minimum Gasteiger partial charge on any atom is -0.331 e. The zero-order chi connectivity index (χ0) is 15.1. The molecule has 21 heavy (non-hydrogen) atoms. The van der Waals surface area contributed by atoms with Gasteiger partial charge in [-0.15, -0.1) is 11.3 Å². The van der Waals surface area contributed by atoms with E-state index in [1.54, 1.807) is 17.4 Å². The van der Waals surface area contributed by atoms with Crippen LogP contribution in [0.3, 0.4) is 0 Å². The molecule has 3 rings (SSSR count). The van der Waals surface area contributed by atoms with Crippen molar-refractivity contribution in [2.45, 2.75) is 26.3 Å². The molecule has 1 N–H and O–H groups in total. The number of H-pyrrole nitrogens is 1. The van der Waals surface area contributed by atoms with E-state index in [1.807, 2.05) is 16.8 Å². The topological polar surface area (TPSA) is 33.6 Å². The normalized spacial score (nSPS) is 13.0. The van der Waals surface area contributed by atoms with Gasteiger partial charge in [-0.2, -0.15) is 0 Å². The first kappa shape index (κ1) is 15.0. The lowest BCUT2D eigenvalue weighted by Crippen LogP contribution is -2.06. The van der Waals surface area contributed by atoms with Crippen molar-refractivity contribution in [1.29, 1.82) is 0 Å². The Labute approximate surface area is 141 Å². The van der Waals surface area contributed by atoms with Gasteiger partial charge in [-0.05, 0) is 37.7 Å². The summed E-state index contributed by atoms with van der Waals surface area (Å²) in [7, 11) is 0. The van der Waals surface area contributed by atoms with Gasteiger partial charge in [0, 0.05) is 11.1 Å². The number of nitrogens with one attached hydrogen (secondary N) is 1. The van der Waals surface area contributed by atoms with Crippen LogP contribution in [0.1, 0.15) is 29.8 Å². The molecule has 0 amide bonds. The Hall–Kier alpha value is -0.880. The third-order valence-electron chi connectivity index (χ3n) is 3.42. The molecule has 0 aliphatic rings. The Kier molecular flexibility index (Phi) is 4.10. The second kappa shape index (κ2) is 5.72. The second-order valence-electron chi connectivity index (χ2n) is 4.78. The van der Waals surface area contributed by atoms with Gasteiger partial charge in [-0.3, -0.25) is 0 Å². The highest BCUT2D eigenvalue weighted by Crippen LogP contribution is 2.32. The molecule has 0 spiro atoms. The van der Waals surface area contributed by atoms with Crippen molar-refractivity contribution in [3.05, 3.63) is 43.0 Å². The molecule has 2 aromatic heterocycles. The Morgan fingerprint density at radius 3 is 2.76 bits per heavy atom. The van der Waals surface area contributed by atoms with Crippen LogP contribution in [0, 0.1) is 4.77 Å². The van der Waals surface area contributed by atoms with Crippen LogP contribution in [0.5, 0.6) is 0 Å². The van der Waals surface area contributed by atoms with E-state index < -0.39 is 0 Å². The molecular formula is C14H13Cl2N3S2. The van der Waals surface area contributed by atoms with Gasteiger partial charge >= 0.3 is 0 Å². The first-order chi connectivity index (χ1) is 10.0. The first-order valence-electron chi connectivity index (χ1n) is 6.55. The van der Waals surface area contributed by atoms with Crippen LogP contribution in [0.4, 0.5) is 0 Å². The molecule has 110 valence electrons. The van der Waals surface area contributed by atoms with Crippen molar-refractivity contribution in [3.8, 4) is 0 Å². The van der Waals surface area contributed by atoms with Gasteiger partial charge < -0.3 is 9.55 Å². The van der Waals surface area contributed by atoms with Crippen molar-refractivity contribution < 1.29 is 0 Å². The van der Waals surface area contributed by atoms with Crippen LogP contribution in [0.15, 0.2) is 18.3 Å². The van der Waals surface area contributed by atoms with Crippen molar-refractivity contribution in [2.75, 3.05) is 0 Å². The molecule has 0 bridgehead atoms. The standard InChI is InChI=1S/C14H13Cl2N3S2/c1-3-8-6-17-13(21-8)7(2)19-12-5-10(16)9(15)4-11(12)18-14(19)20/h4-7H,3H2,1-2H3,(H,18,20). The van der Waals surface area contributed by atoms with E-state index in [2.05, 4.69) is 23.8 Å². The predicted octanol–water partition coefficient (Wildman–Crippen LogP) is 5.63. The molecule has 2 heterocycles. The number of aromatic amines is 1. The highest BCUT2D eigenvalue weighted by molar-refractivity contribution is 7.71. The fourth-order valence-corrected chi connectivity index (χ4v) is 3.88. The average molecular weight is 358 g/mol. The smallest absolute Gasteiger partial charge is 0.178 e. The summed E-state index contributed by atoms with van der Waals surface area (Å²) in [4.78, 5) is 8.96. The minimum absolute atomic E-state index is 0.0498. The summed E-state index contributed by atoms with van der Waals surface area (Å²) in [5, 5.41) is 2.07. The number of aryl methyl sites for hydroxylation is 1. The van der Waals surface area contributed by atoms with E-state index in [-0.39, 0.29) is 6.04 Å². The van der Waals surface area contributed by atoms with E-state index in [1.165, 1.54) is 4.88 Å². The molecular weight excluding hydrogens is 345 g/mol. The molecule has 0 saturated carbocycles. The molecule has 0 radical (unpaired) electrons. The van der Waals surface area contributed by atoms with Crippen LogP contribution < -0.4 is 0 Å². The lowest BCUT2D eigenvalue weighted by atomic mass is 10.3. The highest BCUT2D eigenvalue weighted by atomic mass is 35.5. The summed E-state index contributed by atoms with van der Waals surface area (Å²) >= 11 is 19.4. The summed E-state index contributed by atoms with van der Waals surface area (Å²) in [5.41, 5.74) is 1.82. The van der Waals surface area contributed by atoms with Crippen LogP contribution >= 0.6 is 46.8 Å². The van der Waals surface area contributed by atoms with E-state index in [0.717, 1.165) is 22.5 Å². The summed E-state index contributed by atoms with van der Waals surface area (Å²) in [6.07, 6.45) is 2.92. The largest absolute Gasteiger partial charge is 0.331 e. The van der Waals surface area contributed by atoms with Crippen LogP contribution in [-0.2, 0) is 6.42 Å². The van der Waals surface area contributed by atoms with Gasteiger partial charge in [0.15, 0.2) is 4.77 Å². The number of benzene rings is 1. The number of fused-ring (bicyclic) bond motifs is 1. The van der Waals surface area contributed by atoms with Crippen molar-refractivity contribution >= 4 is 57.8 Å². The molecule has 0 aliphatic carbocycles. The summed E-state index contributed by atoms with van der Waals surface area (Å²) in [6.45, 7) is 4.21. The molecule has 7 heteroatoms. The van der Waals surface area contributed by atoms with Crippen LogP contribution in [-0.4, -0.2) is 14.5 Å². The summed E-state index contributed by atoms with van der Waals surface area (Å²) < 4.78 is 2.68. The Morgan fingerprint density at radius 2 is 2.10 bits per heavy atom. The minimum atomic E-state index is 0.0498. The quantitative estimate of drug-likeness (QED) is 0.615. The van der Waals surface area contributed by atoms with Gasteiger partial charge in [0.2, 0.25) is 0 Å². The third-order valence-corrected chi connectivity index (χ3v) is 5.76. The number of rotatable bonds is 3. The van der Waals surface area contributed by atoms with Gasteiger partial charge in [0.25, 0.3) is 0 Å². The van der Waals surface area contributed by atoms with E-state index in [4.69, 9.17) is 35.4 Å². The number of hydrogen-bond acceptors (Lipinski definition) is 3. The Balaban J connectivity index is 2.17. The monoisotopic (exact) mass is 357 g/mol. The third kappa shape index (κ3) is 2.63. The Morgan fingerprint density at radius 1 is 1.38 bits per heavy atom. The molecule has 1 unspecified atom stereocenters. The van der Waals surface area contributed by atoms with Crippen molar-refractivity contribution in [1.82, 2.24) is 14.5 Å². The van der Waals surface area contributed by atoms with Crippen LogP contribution in [0.25, 0.3) is 11.0 Å². The maximum atomic E-state index is 6.14. The average Bonchev–Trinajstić information content (AvgIpc) is 3.03. The molecule has 1 atom stereocenters. The number of hydrogen-bond donors (Lipinski definition) is 1. The number of imidazole rings is 1. The molecule has 0 saturated heterocycles. The molecule has 0 aliphatic heterocycles. The first-order valence-corrected chi connectivity index (χ1v) is 8.53. The summed E-state index contributed by atoms with van der Waals surface area (Å²) in [5.74, 6) is 0. The van der Waals surface area contributed by atoms with Gasteiger partial charge in [-0.1, -0.05) is 30.1 Å². The van der Waals surface area contributed by atoms with Crippen LogP contribution in [0.2, 0.25) is 10.0 Å². The maximum Gasteiger partial charge on any atom is 0.178 e. The highest BCUT2D eigenvalue weighted by Gasteiger charge is 2.17. The number of thiazole rings is 1. The SMILES string of the molecule is CCc1cnc(C(C)n2c(=S)[nH]c3cc(Cl)c(Cl)cc32)s1. The summed E-state index contributed by atoms with van der Waals surface area (Å²) in [6, 6.07) is 3.70. The van der Waals surface area contributed by atoms with Gasteiger partial charge in [0.05, 0.1) is 27.1 Å². The Bertz CT molecular complexity index is 863. The van der Waals surface area contributed by atoms with Gasteiger partial charge in [0.1, 0.15) is 5.01 Å². The number of nitrogens with zero attached hydrogens (tertiary/aromatic N) is 2. The molecule has 3 nitrogen and oxygen atoms in total. The fourth-order valence-electron chi connectivity index (χ4n) is 2.29. The lowest BCUT2D eigenvalue weighted by Gasteiger charge is -2.12. The zero-order valence-corrected chi connectivity index (χ0v) is 14.6. The molecule has 0 fully saturated rings. The second-order valence-corrected chi connectivity index (χ2v) is 7.13. The predicted molar refractivity (Wildman–Crippen MR) is 92.4 cm³/mol. The van der Waals surface area contributed by atoms with Crippen molar-refractivity contribution in [3.63, 3.8) is 0 Å².